The minimum absolute atomic E-state index is 0.110. The summed E-state index contributed by atoms with van der Waals surface area (Å²) >= 11 is 0. The molecule has 1 rings (SSSR count). The van der Waals surface area contributed by atoms with Crippen LogP contribution in [0.25, 0.3) is 0 Å². The van der Waals surface area contributed by atoms with Gasteiger partial charge >= 0.3 is 0 Å². The van der Waals surface area contributed by atoms with E-state index < -0.39 is 4.92 Å². The number of nitro groups is 1. The third-order valence-electron chi connectivity index (χ3n) is 2.50. The highest BCUT2D eigenvalue weighted by atomic mass is 16.6. The van der Waals surface area contributed by atoms with Crippen molar-refractivity contribution < 1.29 is 9.72 Å². The van der Waals surface area contributed by atoms with Gasteiger partial charge in [-0.05, 0) is 12.6 Å². The maximum Gasteiger partial charge on any atom is 0.292 e. The SMILES string of the molecule is CNC(=O)CN(C)Cc1cccc([N+](=O)[O-])c1N. The number of nitrogens with two attached hydrogens (primary N) is 1. The lowest BCUT2D eigenvalue weighted by atomic mass is 10.1. The zero-order valence-electron chi connectivity index (χ0n) is 10.3. The van der Waals surface area contributed by atoms with Crippen molar-refractivity contribution in [1.82, 2.24) is 10.2 Å². The molecule has 1 aromatic rings. The second kappa shape index (κ2) is 5.97. The Morgan fingerprint density at radius 1 is 1.56 bits per heavy atom. The third-order valence-corrected chi connectivity index (χ3v) is 2.50. The van der Waals surface area contributed by atoms with Crippen LogP contribution in [0.4, 0.5) is 11.4 Å². The van der Waals surface area contributed by atoms with E-state index in [1.165, 1.54) is 6.07 Å². The molecule has 1 aromatic carbocycles. The fraction of sp³-hybridized carbons (Fsp3) is 0.364. The first kappa shape index (κ1) is 13.9. The van der Waals surface area contributed by atoms with Gasteiger partial charge in [0.05, 0.1) is 11.5 Å². The predicted octanol–water partition coefficient (Wildman–Crippen LogP) is 0.355. The lowest BCUT2D eigenvalue weighted by Crippen LogP contribution is -2.32. The van der Waals surface area contributed by atoms with Crippen LogP contribution in [0.15, 0.2) is 18.2 Å². The number of benzene rings is 1. The number of anilines is 1. The lowest BCUT2D eigenvalue weighted by molar-refractivity contribution is -0.384. The summed E-state index contributed by atoms with van der Waals surface area (Å²) in [6, 6.07) is 4.65. The smallest absolute Gasteiger partial charge is 0.292 e. The van der Waals surface area contributed by atoms with E-state index in [1.807, 2.05) is 0 Å². The highest BCUT2D eigenvalue weighted by Crippen LogP contribution is 2.25. The van der Waals surface area contributed by atoms with Gasteiger partial charge < -0.3 is 11.1 Å². The molecule has 18 heavy (non-hydrogen) atoms. The number of nitro benzene ring substituents is 1. The highest BCUT2D eigenvalue weighted by molar-refractivity contribution is 5.77. The number of carbonyl (C=O) groups excluding carboxylic acids is 1. The van der Waals surface area contributed by atoms with Crippen LogP contribution < -0.4 is 11.1 Å². The van der Waals surface area contributed by atoms with Gasteiger partial charge in [0, 0.05) is 19.7 Å². The van der Waals surface area contributed by atoms with E-state index in [-0.39, 0.29) is 23.8 Å². The summed E-state index contributed by atoms with van der Waals surface area (Å²) in [5.41, 5.74) is 6.40. The lowest BCUT2D eigenvalue weighted by Gasteiger charge is -2.16. The quantitative estimate of drug-likeness (QED) is 0.447. The zero-order valence-corrected chi connectivity index (χ0v) is 10.3. The standard InChI is InChI=1S/C11H16N4O3/c1-13-10(16)7-14(2)6-8-4-3-5-9(11(8)12)15(17)18/h3-5H,6-7,12H2,1-2H3,(H,13,16). The van der Waals surface area contributed by atoms with Crippen molar-refractivity contribution in [3.63, 3.8) is 0 Å². The van der Waals surface area contributed by atoms with Gasteiger partial charge in [-0.25, -0.2) is 0 Å². The first-order valence-corrected chi connectivity index (χ1v) is 5.36. The molecule has 1 amide bonds. The first-order valence-electron chi connectivity index (χ1n) is 5.36. The van der Waals surface area contributed by atoms with Crippen molar-refractivity contribution >= 4 is 17.3 Å². The first-order chi connectivity index (χ1) is 8.45. The minimum atomic E-state index is -0.516. The van der Waals surface area contributed by atoms with E-state index in [4.69, 9.17) is 5.73 Å². The molecule has 0 aliphatic heterocycles. The normalized spacial score (nSPS) is 10.4. The molecule has 0 aliphatic carbocycles. The molecule has 0 fully saturated rings. The molecule has 0 aliphatic rings. The molecular formula is C11H16N4O3. The van der Waals surface area contributed by atoms with E-state index in [2.05, 4.69) is 5.32 Å². The molecule has 7 heteroatoms. The van der Waals surface area contributed by atoms with Gasteiger partial charge in [-0.2, -0.15) is 0 Å². The number of hydrogen-bond acceptors (Lipinski definition) is 5. The molecule has 7 nitrogen and oxygen atoms in total. The summed E-state index contributed by atoms with van der Waals surface area (Å²) in [5.74, 6) is -0.124. The minimum Gasteiger partial charge on any atom is -0.393 e. The second-order valence-corrected chi connectivity index (χ2v) is 3.95. The molecular weight excluding hydrogens is 236 g/mol. The van der Waals surface area contributed by atoms with Crippen LogP contribution >= 0.6 is 0 Å². The molecule has 0 saturated heterocycles. The van der Waals surface area contributed by atoms with Crippen molar-refractivity contribution in [3.05, 3.63) is 33.9 Å². The highest BCUT2D eigenvalue weighted by Gasteiger charge is 2.15. The molecule has 0 heterocycles. The van der Waals surface area contributed by atoms with Gasteiger partial charge in [0.1, 0.15) is 5.69 Å². The van der Waals surface area contributed by atoms with Crippen LogP contribution in [-0.4, -0.2) is 36.4 Å². The second-order valence-electron chi connectivity index (χ2n) is 3.95. The van der Waals surface area contributed by atoms with E-state index in [9.17, 15) is 14.9 Å². The van der Waals surface area contributed by atoms with Gasteiger partial charge in [-0.3, -0.25) is 19.8 Å². The number of nitrogens with one attached hydrogen (secondary N) is 1. The summed E-state index contributed by atoms with van der Waals surface area (Å²) in [7, 11) is 3.30. The Bertz CT molecular complexity index is 462. The fourth-order valence-electron chi connectivity index (χ4n) is 1.57. The number of nitrogen functional groups attached to an aromatic ring is 1. The van der Waals surface area contributed by atoms with Crippen LogP contribution in [0, 0.1) is 10.1 Å². The summed E-state index contributed by atoms with van der Waals surface area (Å²) in [5, 5.41) is 13.2. The summed E-state index contributed by atoms with van der Waals surface area (Å²) in [6.07, 6.45) is 0. The topological polar surface area (TPSA) is 102 Å². The molecule has 3 N–H and O–H groups in total. The monoisotopic (exact) mass is 252 g/mol. The molecule has 0 atom stereocenters. The van der Waals surface area contributed by atoms with Crippen LogP contribution in [0.5, 0.6) is 0 Å². The summed E-state index contributed by atoms with van der Waals surface area (Å²) in [6.45, 7) is 0.583. The van der Waals surface area contributed by atoms with Crippen molar-refractivity contribution in [2.45, 2.75) is 6.54 Å². The summed E-state index contributed by atoms with van der Waals surface area (Å²) in [4.78, 5) is 23.1. The Morgan fingerprint density at radius 3 is 2.78 bits per heavy atom. The average molecular weight is 252 g/mol. The maximum atomic E-state index is 11.2. The van der Waals surface area contributed by atoms with Crippen molar-refractivity contribution in [2.24, 2.45) is 0 Å². The molecule has 0 saturated carbocycles. The van der Waals surface area contributed by atoms with Gasteiger partial charge in [0.15, 0.2) is 0 Å². The molecule has 0 radical (unpaired) electrons. The van der Waals surface area contributed by atoms with Crippen LogP contribution in [0.1, 0.15) is 5.56 Å². The Morgan fingerprint density at radius 2 is 2.22 bits per heavy atom. The number of carbonyl (C=O) groups is 1. The van der Waals surface area contributed by atoms with Crippen LogP contribution in [-0.2, 0) is 11.3 Å². The molecule has 0 bridgehead atoms. The number of rotatable bonds is 5. The number of likely N-dealkylation sites (N-methyl/N-ethyl adjacent to an activating group) is 2. The van der Waals surface area contributed by atoms with E-state index in [1.54, 1.807) is 31.1 Å². The molecule has 0 spiro atoms. The number of hydrogen-bond donors (Lipinski definition) is 2. The summed E-state index contributed by atoms with van der Waals surface area (Å²) < 4.78 is 0. The Labute approximate surface area is 105 Å². The molecule has 98 valence electrons. The number of nitrogens with zero attached hydrogens (tertiary/aromatic N) is 2. The molecule has 0 unspecified atom stereocenters. The van der Waals surface area contributed by atoms with E-state index >= 15 is 0 Å². The number of amides is 1. The Kier molecular flexibility index (Phi) is 4.61. The predicted molar refractivity (Wildman–Crippen MR) is 67.9 cm³/mol. The van der Waals surface area contributed by atoms with Crippen molar-refractivity contribution in [2.75, 3.05) is 26.4 Å². The number of para-hydroxylation sites is 1. The van der Waals surface area contributed by atoms with Gasteiger partial charge in [-0.1, -0.05) is 12.1 Å². The molecule has 0 aromatic heterocycles. The third kappa shape index (κ3) is 3.42. The van der Waals surface area contributed by atoms with E-state index in [0.717, 1.165) is 0 Å². The average Bonchev–Trinajstić information content (AvgIpc) is 2.31. The largest absolute Gasteiger partial charge is 0.393 e. The van der Waals surface area contributed by atoms with E-state index in [0.29, 0.717) is 12.1 Å². The fourth-order valence-corrected chi connectivity index (χ4v) is 1.57. The van der Waals surface area contributed by atoms with Crippen molar-refractivity contribution in [1.29, 1.82) is 0 Å². The van der Waals surface area contributed by atoms with Gasteiger partial charge in [0.2, 0.25) is 5.91 Å². The van der Waals surface area contributed by atoms with Crippen molar-refractivity contribution in [3.8, 4) is 0 Å². The zero-order chi connectivity index (χ0) is 13.7. The van der Waals surface area contributed by atoms with Gasteiger partial charge in [0.25, 0.3) is 5.69 Å². The Hall–Kier alpha value is -2.15. The Balaban J connectivity index is 2.82. The maximum absolute atomic E-state index is 11.2. The van der Waals surface area contributed by atoms with Gasteiger partial charge in [-0.15, -0.1) is 0 Å². The van der Waals surface area contributed by atoms with Crippen LogP contribution in [0.3, 0.4) is 0 Å². The van der Waals surface area contributed by atoms with Crippen LogP contribution in [0.2, 0.25) is 0 Å².